The minimum Gasteiger partial charge on any atom is -0.460 e. The molecule has 1 aromatic heterocycles. The van der Waals surface area contributed by atoms with Crippen LogP contribution in [0.15, 0.2) is 27.1 Å². The van der Waals surface area contributed by atoms with Gasteiger partial charge in [0.1, 0.15) is 5.82 Å². The summed E-state index contributed by atoms with van der Waals surface area (Å²) in [5.74, 6) is -2.93. The molecule has 0 amide bonds. The highest BCUT2D eigenvalue weighted by Gasteiger charge is 2.29. The Morgan fingerprint density at radius 3 is 2.81 bits per heavy atom. The van der Waals surface area contributed by atoms with Crippen molar-refractivity contribution in [2.75, 3.05) is 6.61 Å². The van der Waals surface area contributed by atoms with Crippen LogP contribution in [0.3, 0.4) is 0 Å². The number of alkyl halides is 2. The van der Waals surface area contributed by atoms with Gasteiger partial charge in [-0.2, -0.15) is 0 Å². The maximum absolute atomic E-state index is 13.9. The van der Waals surface area contributed by atoms with Crippen molar-refractivity contribution in [2.24, 2.45) is 0 Å². The van der Waals surface area contributed by atoms with Crippen molar-refractivity contribution in [2.45, 2.75) is 13.3 Å². The minimum atomic E-state index is -3.04. The molecule has 0 unspecified atom stereocenters. The fourth-order valence-electron chi connectivity index (χ4n) is 1.61. The third-order valence-electron chi connectivity index (χ3n) is 2.50. The van der Waals surface area contributed by atoms with Gasteiger partial charge in [-0.15, -0.1) is 0 Å². The third kappa shape index (κ3) is 3.10. The predicted octanol–water partition coefficient (Wildman–Crippen LogP) is 4.36. The second-order valence-corrected chi connectivity index (χ2v) is 4.71. The van der Waals surface area contributed by atoms with Crippen LogP contribution in [-0.4, -0.2) is 17.6 Å². The molecule has 0 bridgehead atoms. The van der Waals surface area contributed by atoms with Gasteiger partial charge in [0.05, 0.1) is 16.6 Å². The number of halogens is 4. The number of esters is 1. The number of carbonyl (C=O) groups is 1. The van der Waals surface area contributed by atoms with Gasteiger partial charge in [0, 0.05) is 0 Å². The highest BCUT2D eigenvalue weighted by molar-refractivity contribution is 9.10. The Balaban J connectivity index is 2.54. The van der Waals surface area contributed by atoms with Crippen LogP contribution in [0.5, 0.6) is 0 Å². The minimum absolute atomic E-state index is 0.0111. The first-order valence-corrected chi connectivity index (χ1v) is 6.65. The van der Waals surface area contributed by atoms with Gasteiger partial charge in [-0.05, 0) is 35.0 Å². The Morgan fingerprint density at radius 1 is 1.48 bits per heavy atom. The molecule has 1 heterocycles. The molecule has 2 rings (SSSR count). The molecule has 4 nitrogen and oxygen atoms in total. The van der Waals surface area contributed by atoms with E-state index in [-0.39, 0.29) is 16.6 Å². The van der Waals surface area contributed by atoms with E-state index in [4.69, 9.17) is 4.42 Å². The Hall–Kier alpha value is -1.83. The highest BCUT2D eigenvalue weighted by Crippen LogP contribution is 2.32. The van der Waals surface area contributed by atoms with Gasteiger partial charge < -0.3 is 9.15 Å². The summed E-state index contributed by atoms with van der Waals surface area (Å²) in [6, 6.07) is 4.22. The van der Waals surface area contributed by atoms with E-state index in [2.05, 4.69) is 25.7 Å². The average molecular weight is 364 g/mol. The van der Waals surface area contributed by atoms with Crippen molar-refractivity contribution >= 4 is 21.9 Å². The van der Waals surface area contributed by atoms with E-state index in [9.17, 15) is 18.0 Å². The number of aromatic nitrogens is 1. The Bertz CT molecular complexity index is 673. The van der Waals surface area contributed by atoms with Crippen molar-refractivity contribution < 1.29 is 27.1 Å². The third-order valence-corrected chi connectivity index (χ3v) is 3.12. The Morgan fingerprint density at radius 2 is 2.19 bits per heavy atom. The van der Waals surface area contributed by atoms with E-state index in [1.165, 1.54) is 25.1 Å². The molecule has 0 aliphatic carbocycles. The summed E-state index contributed by atoms with van der Waals surface area (Å²) < 4.78 is 49.5. The lowest BCUT2D eigenvalue weighted by Gasteiger charge is -2.00. The lowest BCUT2D eigenvalue weighted by molar-refractivity contribution is 0.0476. The van der Waals surface area contributed by atoms with Gasteiger partial charge in [-0.3, -0.25) is 0 Å². The monoisotopic (exact) mass is 363 g/mol. The second kappa shape index (κ2) is 6.30. The van der Waals surface area contributed by atoms with E-state index in [0.29, 0.717) is 0 Å². The van der Waals surface area contributed by atoms with Crippen LogP contribution in [0, 0.1) is 5.82 Å². The molecule has 0 fully saturated rings. The van der Waals surface area contributed by atoms with Crippen molar-refractivity contribution in [3.63, 3.8) is 0 Å². The van der Waals surface area contributed by atoms with Crippen LogP contribution >= 0.6 is 15.9 Å². The number of rotatable bonds is 4. The molecule has 0 N–H and O–H groups in total. The number of carbonyl (C=O) groups excluding carboxylic acids is 1. The molecule has 112 valence electrons. The molecule has 0 aliphatic rings. The quantitative estimate of drug-likeness (QED) is 0.757. The Labute approximate surface area is 126 Å². The van der Waals surface area contributed by atoms with Gasteiger partial charge in [0.25, 0.3) is 6.43 Å². The molecule has 21 heavy (non-hydrogen) atoms. The summed E-state index contributed by atoms with van der Waals surface area (Å²) in [7, 11) is 0. The number of hydrogen-bond donors (Lipinski definition) is 0. The average Bonchev–Trinajstić information content (AvgIpc) is 2.87. The molecular weight excluding hydrogens is 355 g/mol. The molecule has 0 aliphatic heterocycles. The number of ether oxygens (including phenoxy) is 1. The van der Waals surface area contributed by atoms with Crippen LogP contribution in [-0.2, 0) is 4.74 Å². The summed E-state index contributed by atoms with van der Waals surface area (Å²) in [6.45, 7) is 1.51. The molecule has 2 aromatic rings. The smallest absolute Gasteiger partial charge is 0.376 e. The first-order chi connectivity index (χ1) is 9.95. The number of hydrogen-bond acceptors (Lipinski definition) is 4. The van der Waals surface area contributed by atoms with Gasteiger partial charge in [0.15, 0.2) is 5.69 Å². The van der Waals surface area contributed by atoms with Crippen molar-refractivity contribution in [3.05, 3.63) is 39.9 Å². The van der Waals surface area contributed by atoms with E-state index < -0.39 is 35.6 Å². The number of benzene rings is 1. The highest BCUT2D eigenvalue weighted by atomic mass is 79.9. The van der Waals surface area contributed by atoms with Gasteiger partial charge in [-0.25, -0.2) is 22.9 Å². The molecule has 0 radical (unpaired) electrons. The standard InChI is InChI=1S/C13H9BrF3NO3/c1-2-20-13(19)10-9(11(16)17)18-12(21-10)6-4-3-5-7(14)8(6)15/h3-5,11H,2H2,1H3. The van der Waals surface area contributed by atoms with Gasteiger partial charge in [-0.1, -0.05) is 6.07 Å². The predicted molar refractivity (Wildman–Crippen MR) is 70.5 cm³/mol. The normalized spacial score (nSPS) is 11.0. The van der Waals surface area contributed by atoms with Crippen molar-refractivity contribution in [1.82, 2.24) is 4.98 Å². The maximum atomic E-state index is 13.9. The van der Waals surface area contributed by atoms with Crippen molar-refractivity contribution in [1.29, 1.82) is 0 Å². The van der Waals surface area contributed by atoms with E-state index >= 15 is 0 Å². The maximum Gasteiger partial charge on any atom is 0.376 e. The molecule has 8 heteroatoms. The Kier molecular flexibility index (Phi) is 4.66. The van der Waals surface area contributed by atoms with Crippen LogP contribution in [0.2, 0.25) is 0 Å². The molecule has 0 saturated heterocycles. The fraction of sp³-hybridized carbons (Fsp3) is 0.231. The summed E-state index contributed by atoms with van der Waals surface area (Å²) in [5.41, 5.74) is -1.01. The van der Waals surface area contributed by atoms with E-state index in [0.717, 1.165) is 0 Å². The fourth-order valence-corrected chi connectivity index (χ4v) is 1.97. The zero-order valence-corrected chi connectivity index (χ0v) is 12.3. The van der Waals surface area contributed by atoms with Crippen LogP contribution in [0.25, 0.3) is 11.5 Å². The summed E-state index contributed by atoms with van der Waals surface area (Å²) in [5, 5.41) is 0. The van der Waals surface area contributed by atoms with E-state index in [1.807, 2.05) is 0 Å². The van der Waals surface area contributed by atoms with Crippen molar-refractivity contribution in [3.8, 4) is 11.5 Å². The molecule has 0 spiro atoms. The summed E-state index contributed by atoms with van der Waals surface area (Å²) in [4.78, 5) is 15.1. The number of oxazole rings is 1. The second-order valence-electron chi connectivity index (χ2n) is 3.86. The van der Waals surface area contributed by atoms with Crippen LogP contribution in [0.1, 0.15) is 29.6 Å². The topological polar surface area (TPSA) is 52.3 Å². The van der Waals surface area contributed by atoms with Gasteiger partial charge in [0.2, 0.25) is 11.7 Å². The summed E-state index contributed by atoms with van der Waals surface area (Å²) >= 11 is 2.97. The SMILES string of the molecule is CCOC(=O)c1oc(-c2cccc(Br)c2F)nc1C(F)F. The summed E-state index contributed by atoms with van der Waals surface area (Å²) in [6.07, 6.45) is -3.04. The molecule has 0 saturated carbocycles. The van der Waals surface area contributed by atoms with E-state index in [1.54, 1.807) is 0 Å². The lowest BCUT2D eigenvalue weighted by Crippen LogP contribution is -2.06. The molecule has 1 aromatic carbocycles. The zero-order valence-electron chi connectivity index (χ0n) is 10.7. The molecule has 0 atom stereocenters. The first-order valence-electron chi connectivity index (χ1n) is 5.86. The molecular formula is C13H9BrF3NO3. The van der Waals surface area contributed by atoms with Crippen LogP contribution in [0.4, 0.5) is 13.2 Å². The van der Waals surface area contributed by atoms with Crippen LogP contribution < -0.4 is 0 Å². The largest absolute Gasteiger partial charge is 0.460 e. The first kappa shape index (κ1) is 15.6. The lowest BCUT2D eigenvalue weighted by atomic mass is 10.2. The number of nitrogens with zero attached hydrogens (tertiary/aromatic N) is 1. The zero-order chi connectivity index (χ0) is 15.6. The van der Waals surface area contributed by atoms with Gasteiger partial charge >= 0.3 is 5.97 Å².